The zero-order valence-electron chi connectivity index (χ0n) is 10.6. The van der Waals surface area contributed by atoms with E-state index in [0.717, 1.165) is 12.1 Å². The Morgan fingerprint density at radius 3 is 2.61 bits per heavy atom. The predicted octanol–water partition coefficient (Wildman–Crippen LogP) is 3.05. The van der Waals surface area contributed by atoms with Crippen molar-refractivity contribution in [2.45, 2.75) is 13.8 Å². The third-order valence-electron chi connectivity index (χ3n) is 2.71. The van der Waals surface area contributed by atoms with Crippen LogP contribution in [-0.4, -0.2) is 17.3 Å². The molecule has 3 nitrogen and oxygen atoms in total. The molecule has 18 heavy (non-hydrogen) atoms. The molecular formula is C15H16N2O. The van der Waals surface area contributed by atoms with Gasteiger partial charge in [0, 0.05) is 18.3 Å². The highest BCUT2D eigenvalue weighted by atomic mass is 16.1. The number of rotatable bonds is 4. The second kappa shape index (κ2) is 5.45. The van der Waals surface area contributed by atoms with E-state index in [9.17, 15) is 4.79 Å². The minimum absolute atomic E-state index is 0.000880. The maximum atomic E-state index is 12.4. The third kappa shape index (κ3) is 2.56. The molecule has 0 spiro atoms. The van der Waals surface area contributed by atoms with Gasteiger partial charge < -0.3 is 5.32 Å². The van der Waals surface area contributed by atoms with Crippen molar-refractivity contribution in [1.82, 2.24) is 4.98 Å². The first-order valence-electron chi connectivity index (χ1n) is 6.02. The lowest BCUT2D eigenvalue weighted by molar-refractivity contribution is 0.103. The molecule has 0 atom stereocenters. The van der Waals surface area contributed by atoms with Crippen LogP contribution in [0.2, 0.25) is 0 Å². The summed E-state index contributed by atoms with van der Waals surface area (Å²) < 4.78 is 0. The SMILES string of the molecule is CCNc1ncccc1C(=O)c1ccc(C)cc1. The molecule has 0 fully saturated rings. The molecule has 2 aromatic rings. The molecule has 3 heteroatoms. The molecule has 92 valence electrons. The van der Waals surface area contributed by atoms with Crippen LogP contribution in [0.1, 0.15) is 28.4 Å². The third-order valence-corrected chi connectivity index (χ3v) is 2.71. The van der Waals surface area contributed by atoms with Gasteiger partial charge >= 0.3 is 0 Å². The number of nitrogens with zero attached hydrogens (tertiary/aromatic N) is 1. The van der Waals surface area contributed by atoms with Crippen molar-refractivity contribution in [2.75, 3.05) is 11.9 Å². The Bertz CT molecular complexity index is 547. The van der Waals surface area contributed by atoms with E-state index in [2.05, 4.69) is 10.3 Å². The van der Waals surface area contributed by atoms with Crippen LogP contribution in [0.3, 0.4) is 0 Å². The summed E-state index contributed by atoms with van der Waals surface area (Å²) in [6, 6.07) is 11.2. The molecule has 0 aliphatic rings. The van der Waals surface area contributed by atoms with Gasteiger partial charge in [-0.15, -0.1) is 0 Å². The Morgan fingerprint density at radius 2 is 1.94 bits per heavy atom. The molecule has 0 radical (unpaired) electrons. The maximum absolute atomic E-state index is 12.4. The Morgan fingerprint density at radius 1 is 1.22 bits per heavy atom. The predicted molar refractivity (Wildman–Crippen MR) is 73.0 cm³/mol. The number of aromatic nitrogens is 1. The molecule has 0 bridgehead atoms. The second-order valence-corrected chi connectivity index (χ2v) is 4.13. The van der Waals surface area contributed by atoms with Gasteiger partial charge in [0.25, 0.3) is 0 Å². The smallest absolute Gasteiger partial charge is 0.196 e. The zero-order valence-corrected chi connectivity index (χ0v) is 10.6. The fraction of sp³-hybridized carbons (Fsp3) is 0.200. The molecule has 0 saturated carbocycles. The summed E-state index contributed by atoms with van der Waals surface area (Å²) >= 11 is 0. The van der Waals surface area contributed by atoms with Crippen molar-refractivity contribution in [3.05, 3.63) is 59.3 Å². The number of nitrogens with one attached hydrogen (secondary N) is 1. The lowest BCUT2D eigenvalue weighted by atomic mass is 10.0. The Labute approximate surface area is 107 Å². The topological polar surface area (TPSA) is 42.0 Å². The van der Waals surface area contributed by atoms with Gasteiger partial charge in [0.15, 0.2) is 5.78 Å². The molecular weight excluding hydrogens is 224 g/mol. The largest absolute Gasteiger partial charge is 0.370 e. The van der Waals surface area contributed by atoms with E-state index in [1.165, 1.54) is 0 Å². The zero-order chi connectivity index (χ0) is 13.0. The molecule has 2 rings (SSSR count). The molecule has 0 saturated heterocycles. The average molecular weight is 240 g/mol. The number of benzene rings is 1. The monoisotopic (exact) mass is 240 g/mol. The summed E-state index contributed by atoms with van der Waals surface area (Å²) in [6.07, 6.45) is 1.68. The second-order valence-electron chi connectivity index (χ2n) is 4.13. The molecule has 0 aliphatic carbocycles. The molecule has 1 N–H and O–H groups in total. The van der Waals surface area contributed by atoms with Crippen molar-refractivity contribution in [3.8, 4) is 0 Å². The number of hydrogen-bond donors (Lipinski definition) is 1. The molecule has 1 heterocycles. The van der Waals surface area contributed by atoms with Crippen molar-refractivity contribution in [2.24, 2.45) is 0 Å². The van der Waals surface area contributed by atoms with E-state index in [1.807, 2.05) is 38.1 Å². The lowest BCUT2D eigenvalue weighted by Gasteiger charge is -2.08. The minimum Gasteiger partial charge on any atom is -0.370 e. The van der Waals surface area contributed by atoms with Crippen LogP contribution in [0.4, 0.5) is 5.82 Å². The number of ketones is 1. The number of hydrogen-bond acceptors (Lipinski definition) is 3. The van der Waals surface area contributed by atoms with Crippen LogP contribution in [0, 0.1) is 6.92 Å². The summed E-state index contributed by atoms with van der Waals surface area (Å²) in [6.45, 7) is 4.72. The Balaban J connectivity index is 2.36. The summed E-state index contributed by atoms with van der Waals surface area (Å²) in [7, 11) is 0. The molecule has 1 aromatic carbocycles. The number of carbonyl (C=O) groups excluding carboxylic acids is 1. The first kappa shape index (κ1) is 12.3. The van der Waals surface area contributed by atoms with Gasteiger partial charge in [0.05, 0.1) is 5.56 Å². The summed E-state index contributed by atoms with van der Waals surface area (Å²) in [5.41, 5.74) is 2.44. The summed E-state index contributed by atoms with van der Waals surface area (Å²) in [4.78, 5) is 16.6. The highest BCUT2D eigenvalue weighted by Crippen LogP contribution is 2.17. The van der Waals surface area contributed by atoms with Crippen LogP contribution >= 0.6 is 0 Å². The van der Waals surface area contributed by atoms with E-state index in [0.29, 0.717) is 16.9 Å². The molecule has 0 amide bonds. The highest BCUT2D eigenvalue weighted by Gasteiger charge is 2.13. The number of aryl methyl sites for hydroxylation is 1. The van der Waals surface area contributed by atoms with E-state index in [-0.39, 0.29) is 5.78 Å². The van der Waals surface area contributed by atoms with Crippen LogP contribution in [0.25, 0.3) is 0 Å². The van der Waals surface area contributed by atoms with E-state index in [1.54, 1.807) is 18.3 Å². The van der Waals surface area contributed by atoms with Gasteiger partial charge in [-0.2, -0.15) is 0 Å². The fourth-order valence-corrected chi connectivity index (χ4v) is 1.76. The molecule has 0 aliphatic heterocycles. The summed E-state index contributed by atoms with van der Waals surface area (Å²) in [5.74, 6) is 0.643. The highest BCUT2D eigenvalue weighted by molar-refractivity contribution is 6.11. The van der Waals surface area contributed by atoms with Gasteiger partial charge in [-0.3, -0.25) is 4.79 Å². The van der Waals surface area contributed by atoms with Crippen molar-refractivity contribution in [3.63, 3.8) is 0 Å². The van der Waals surface area contributed by atoms with Crippen molar-refractivity contribution >= 4 is 11.6 Å². The van der Waals surface area contributed by atoms with Crippen LogP contribution < -0.4 is 5.32 Å². The van der Waals surface area contributed by atoms with Crippen LogP contribution in [0.15, 0.2) is 42.6 Å². The lowest BCUT2D eigenvalue weighted by Crippen LogP contribution is -2.09. The Hall–Kier alpha value is -2.16. The number of carbonyl (C=O) groups is 1. The quantitative estimate of drug-likeness (QED) is 0.835. The van der Waals surface area contributed by atoms with Gasteiger partial charge in [0.1, 0.15) is 5.82 Å². The van der Waals surface area contributed by atoms with E-state index < -0.39 is 0 Å². The van der Waals surface area contributed by atoms with Crippen LogP contribution in [0.5, 0.6) is 0 Å². The van der Waals surface area contributed by atoms with Crippen molar-refractivity contribution < 1.29 is 4.79 Å². The van der Waals surface area contributed by atoms with Gasteiger partial charge in [-0.05, 0) is 26.0 Å². The van der Waals surface area contributed by atoms with Gasteiger partial charge in [-0.1, -0.05) is 29.8 Å². The fourth-order valence-electron chi connectivity index (χ4n) is 1.76. The summed E-state index contributed by atoms with van der Waals surface area (Å²) in [5, 5.41) is 3.11. The van der Waals surface area contributed by atoms with Gasteiger partial charge in [0.2, 0.25) is 0 Å². The van der Waals surface area contributed by atoms with E-state index in [4.69, 9.17) is 0 Å². The molecule has 0 unspecified atom stereocenters. The molecule has 1 aromatic heterocycles. The minimum atomic E-state index is -0.000880. The normalized spacial score (nSPS) is 10.1. The van der Waals surface area contributed by atoms with Crippen LogP contribution in [-0.2, 0) is 0 Å². The standard InChI is InChI=1S/C15H16N2O/c1-3-16-15-13(5-4-10-17-15)14(18)12-8-6-11(2)7-9-12/h4-10H,3H2,1-2H3,(H,16,17). The van der Waals surface area contributed by atoms with E-state index >= 15 is 0 Å². The number of anilines is 1. The first-order chi connectivity index (χ1) is 8.72. The Kier molecular flexibility index (Phi) is 3.72. The first-order valence-corrected chi connectivity index (χ1v) is 6.02. The van der Waals surface area contributed by atoms with Gasteiger partial charge in [-0.25, -0.2) is 4.98 Å². The maximum Gasteiger partial charge on any atom is 0.196 e. The number of pyridine rings is 1. The van der Waals surface area contributed by atoms with Crippen molar-refractivity contribution in [1.29, 1.82) is 0 Å². The average Bonchev–Trinajstić information content (AvgIpc) is 2.40.